The van der Waals surface area contributed by atoms with Crippen molar-refractivity contribution < 1.29 is 9.90 Å². The van der Waals surface area contributed by atoms with Gasteiger partial charge in [-0.1, -0.05) is 37.6 Å². The van der Waals surface area contributed by atoms with Gasteiger partial charge in [0.2, 0.25) is 0 Å². The van der Waals surface area contributed by atoms with E-state index in [0.717, 1.165) is 56.1 Å². The van der Waals surface area contributed by atoms with Gasteiger partial charge in [-0.15, -0.1) is 0 Å². The fourth-order valence-corrected chi connectivity index (χ4v) is 7.30. The molecule has 4 aliphatic carbocycles. The van der Waals surface area contributed by atoms with Crippen LogP contribution in [0.4, 0.5) is 0 Å². The normalized spacial score (nSPS) is 41.5. The maximum Gasteiger partial charge on any atom is 0.165 e. The number of carbonyl (C=O) groups excluding carboxylic acids is 1. The number of hydrogen-bond donors (Lipinski definition) is 1. The van der Waals surface area contributed by atoms with Crippen LogP contribution in [-0.2, 0) is 4.79 Å². The molecule has 1 N–H and O–H groups in total. The number of carbonyl (C=O) groups is 1. The molecule has 30 heavy (non-hydrogen) atoms. The van der Waals surface area contributed by atoms with Gasteiger partial charge < -0.3 is 5.11 Å². The fraction of sp³-hybridized carbons (Fsp3) is 0.556. The van der Waals surface area contributed by atoms with Crippen molar-refractivity contribution in [1.82, 2.24) is 0 Å². The molecule has 3 fully saturated rings. The minimum atomic E-state index is -0.241. The molecule has 5 rings (SSSR count). The Balaban J connectivity index is 1.46. The Bertz CT molecular complexity index is 981. The van der Waals surface area contributed by atoms with Gasteiger partial charge in [-0.25, -0.2) is 0 Å². The van der Waals surface area contributed by atoms with E-state index in [0.29, 0.717) is 29.1 Å². The van der Waals surface area contributed by atoms with Crippen molar-refractivity contribution in [2.75, 3.05) is 0 Å². The second-order valence-corrected chi connectivity index (χ2v) is 10.5. The molecule has 0 saturated heterocycles. The summed E-state index contributed by atoms with van der Waals surface area (Å²) in [5.41, 5.74) is 4.06. The number of rotatable bonds is 1. The highest BCUT2D eigenvalue weighted by Crippen LogP contribution is 2.64. The first kappa shape index (κ1) is 19.8. The van der Waals surface area contributed by atoms with Crippen LogP contribution in [0.25, 0.3) is 6.08 Å². The summed E-state index contributed by atoms with van der Waals surface area (Å²) in [6.45, 7) is 4.64. The molecule has 3 nitrogen and oxygen atoms in total. The first-order valence-electron chi connectivity index (χ1n) is 11.5. The van der Waals surface area contributed by atoms with Crippen LogP contribution >= 0.6 is 0 Å². The zero-order valence-electron chi connectivity index (χ0n) is 18.0. The largest absolute Gasteiger partial charge is 0.393 e. The van der Waals surface area contributed by atoms with Crippen LogP contribution in [0.2, 0.25) is 0 Å². The standard InChI is InChI=1S/C27H31NO2/c1-26-11-9-21(29)15-20(26)7-8-22-23(26)10-12-27(2)24(22)14-19(25(27)30)13-17-3-5-18(16-28)6-4-17/h3-7,13,21-24,29H,8-12,14-15H2,1-2H3/t21?,22-,23-,24+,26+,27+/m1/s1. The third kappa shape index (κ3) is 2.84. The highest BCUT2D eigenvalue weighted by atomic mass is 16.3. The number of fused-ring (bicyclic) bond motifs is 5. The Morgan fingerprint density at radius 1 is 1.07 bits per heavy atom. The Labute approximate surface area is 179 Å². The molecule has 4 aliphatic rings. The molecule has 156 valence electrons. The van der Waals surface area contributed by atoms with E-state index in [9.17, 15) is 9.90 Å². The maximum absolute atomic E-state index is 13.5. The molecule has 0 heterocycles. The number of benzene rings is 1. The number of aliphatic hydroxyl groups excluding tert-OH is 1. The average molecular weight is 402 g/mol. The maximum atomic E-state index is 13.5. The SMILES string of the molecule is C[C@]12CCC(O)CC1=CC[C@@H]1[C@H]2CC[C@]2(C)C(=O)C(=Cc3ccc(C#N)cc3)C[C@@H]12. The van der Waals surface area contributed by atoms with Crippen LogP contribution in [0.1, 0.15) is 69.9 Å². The molecule has 0 radical (unpaired) electrons. The number of nitriles is 1. The second kappa shape index (κ2) is 6.92. The summed E-state index contributed by atoms with van der Waals surface area (Å²) in [4.78, 5) is 13.5. The van der Waals surface area contributed by atoms with E-state index in [1.54, 1.807) is 0 Å². The zero-order chi connectivity index (χ0) is 21.1. The summed E-state index contributed by atoms with van der Waals surface area (Å²) in [7, 11) is 0. The van der Waals surface area contributed by atoms with E-state index in [2.05, 4.69) is 32.1 Å². The molecule has 0 spiro atoms. The molecule has 1 unspecified atom stereocenters. The molecule has 0 bridgehead atoms. The molecule has 0 aliphatic heterocycles. The van der Waals surface area contributed by atoms with E-state index >= 15 is 0 Å². The molecule has 3 heteroatoms. The number of ketones is 1. The zero-order valence-corrected chi connectivity index (χ0v) is 18.0. The lowest BCUT2D eigenvalue weighted by Crippen LogP contribution is -2.50. The van der Waals surface area contributed by atoms with Crippen LogP contribution < -0.4 is 0 Å². The van der Waals surface area contributed by atoms with Crippen molar-refractivity contribution in [3.05, 3.63) is 52.6 Å². The van der Waals surface area contributed by atoms with Crippen molar-refractivity contribution in [2.45, 2.75) is 64.9 Å². The van der Waals surface area contributed by atoms with Gasteiger partial charge in [0.25, 0.3) is 0 Å². The van der Waals surface area contributed by atoms with Crippen molar-refractivity contribution in [3.63, 3.8) is 0 Å². The van der Waals surface area contributed by atoms with Gasteiger partial charge in [-0.2, -0.15) is 5.26 Å². The Hall–Kier alpha value is -2.18. The topological polar surface area (TPSA) is 61.1 Å². The predicted octanol–water partition coefficient (Wildman–Crippen LogP) is 5.44. The highest BCUT2D eigenvalue weighted by Gasteiger charge is 2.59. The lowest BCUT2D eigenvalue weighted by molar-refractivity contribution is -0.130. The van der Waals surface area contributed by atoms with Crippen molar-refractivity contribution >= 4 is 11.9 Å². The first-order valence-corrected chi connectivity index (χ1v) is 11.5. The molecule has 0 aromatic heterocycles. The number of Topliss-reactive ketones (excluding diaryl/α,β-unsaturated/α-hetero) is 1. The van der Waals surface area contributed by atoms with Gasteiger partial charge in [-0.3, -0.25) is 4.79 Å². The third-order valence-electron chi connectivity index (χ3n) is 9.10. The first-order chi connectivity index (χ1) is 14.3. The molecular weight excluding hydrogens is 370 g/mol. The minimum absolute atomic E-state index is 0.176. The predicted molar refractivity (Wildman–Crippen MR) is 117 cm³/mol. The van der Waals surface area contributed by atoms with Crippen molar-refractivity contribution in [1.29, 1.82) is 5.26 Å². The van der Waals surface area contributed by atoms with E-state index in [-0.39, 0.29) is 16.9 Å². The van der Waals surface area contributed by atoms with Gasteiger partial charge in [0, 0.05) is 5.41 Å². The molecule has 1 aromatic carbocycles. The summed E-state index contributed by atoms with van der Waals surface area (Å²) in [5.74, 6) is 1.94. The molecule has 3 saturated carbocycles. The summed E-state index contributed by atoms with van der Waals surface area (Å²) < 4.78 is 0. The summed E-state index contributed by atoms with van der Waals surface area (Å²) in [6, 6.07) is 9.68. The van der Waals surface area contributed by atoms with Gasteiger partial charge in [-0.05, 0) is 97.5 Å². The molecule has 1 aromatic rings. The fourth-order valence-electron chi connectivity index (χ4n) is 7.30. The van der Waals surface area contributed by atoms with Crippen LogP contribution in [0.5, 0.6) is 0 Å². The van der Waals surface area contributed by atoms with Crippen LogP contribution in [0, 0.1) is 39.9 Å². The number of nitrogens with zero attached hydrogens (tertiary/aromatic N) is 1. The van der Waals surface area contributed by atoms with Gasteiger partial charge in [0.15, 0.2) is 5.78 Å². The van der Waals surface area contributed by atoms with Crippen molar-refractivity contribution in [2.24, 2.45) is 28.6 Å². The molecule has 0 amide bonds. The highest BCUT2D eigenvalue weighted by molar-refractivity contribution is 6.05. The van der Waals surface area contributed by atoms with Gasteiger partial charge >= 0.3 is 0 Å². The van der Waals surface area contributed by atoms with Crippen LogP contribution in [0.3, 0.4) is 0 Å². The van der Waals surface area contributed by atoms with E-state index in [1.807, 2.05) is 24.3 Å². The summed E-state index contributed by atoms with van der Waals surface area (Å²) >= 11 is 0. The van der Waals surface area contributed by atoms with E-state index in [1.165, 1.54) is 5.57 Å². The number of aliphatic hydroxyl groups is 1. The Morgan fingerprint density at radius 2 is 1.80 bits per heavy atom. The lowest BCUT2D eigenvalue weighted by atomic mass is 9.48. The average Bonchev–Trinajstić information content (AvgIpc) is 3.00. The summed E-state index contributed by atoms with van der Waals surface area (Å²) in [5, 5.41) is 19.2. The van der Waals surface area contributed by atoms with Crippen molar-refractivity contribution in [3.8, 4) is 6.07 Å². The Kier molecular flexibility index (Phi) is 4.56. The third-order valence-corrected chi connectivity index (χ3v) is 9.10. The molecular formula is C27H31NO2. The minimum Gasteiger partial charge on any atom is -0.393 e. The molecule has 6 atom stereocenters. The van der Waals surface area contributed by atoms with E-state index in [4.69, 9.17) is 5.26 Å². The smallest absolute Gasteiger partial charge is 0.165 e. The monoisotopic (exact) mass is 401 g/mol. The number of allylic oxidation sites excluding steroid dienone is 2. The van der Waals surface area contributed by atoms with Gasteiger partial charge in [0.1, 0.15) is 0 Å². The van der Waals surface area contributed by atoms with Crippen LogP contribution in [0.15, 0.2) is 41.5 Å². The quantitative estimate of drug-likeness (QED) is 0.503. The second-order valence-electron chi connectivity index (χ2n) is 10.5. The van der Waals surface area contributed by atoms with Crippen LogP contribution in [-0.4, -0.2) is 17.0 Å². The lowest BCUT2D eigenvalue weighted by Gasteiger charge is -2.56. The van der Waals surface area contributed by atoms with Gasteiger partial charge in [0.05, 0.1) is 17.7 Å². The Morgan fingerprint density at radius 3 is 2.53 bits per heavy atom. The number of hydrogen-bond acceptors (Lipinski definition) is 3. The summed E-state index contributed by atoms with van der Waals surface area (Å²) in [6.07, 6.45) is 11.2. The van der Waals surface area contributed by atoms with E-state index < -0.39 is 0 Å².